The number of rotatable bonds is 8. The second-order valence-electron chi connectivity index (χ2n) is 10.5. The lowest BCUT2D eigenvalue weighted by Gasteiger charge is -2.22. The number of carbonyl (C=O) groups excluding carboxylic acids is 3. The first-order chi connectivity index (χ1) is 19.3. The fourth-order valence-electron chi connectivity index (χ4n) is 5.37. The third kappa shape index (κ3) is 6.61. The van der Waals surface area contributed by atoms with E-state index in [4.69, 9.17) is 21.7 Å². The van der Waals surface area contributed by atoms with E-state index in [1.54, 1.807) is 13.0 Å². The second-order valence-corrected chi connectivity index (χ2v) is 13.3. The summed E-state index contributed by atoms with van der Waals surface area (Å²) in [4.78, 5) is 41.9. The van der Waals surface area contributed by atoms with E-state index in [0.717, 1.165) is 53.9 Å². The Hall–Kier alpha value is -2.69. The number of amides is 2. The Bertz CT molecular complexity index is 1330. The van der Waals surface area contributed by atoms with E-state index in [1.165, 1.54) is 47.3 Å². The highest BCUT2D eigenvalue weighted by Gasteiger charge is 2.34. The minimum absolute atomic E-state index is 0.225. The van der Waals surface area contributed by atoms with Crippen molar-refractivity contribution < 1.29 is 23.9 Å². The summed E-state index contributed by atoms with van der Waals surface area (Å²) in [6.07, 6.45) is 10.6. The predicted octanol–water partition coefficient (Wildman–Crippen LogP) is 6.60. The van der Waals surface area contributed by atoms with Crippen LogP contribution in [0.2, 0.25) is 0 Å². The van der Waals surface area contributed by atoms with Crippen LogP contribution in [-0.2, 0) is 27.2 Å². The molecule has 1 aromatic heterocycles. The number of thiocarbonyl (C=S) groups is 1. The third-order valence-corrected chi connectivity index (χ3v) is 10.00. The van der Waals surface area contributed by atoms with Crippen molar-refractivity contribution in [1.82, 2.24) is 4.90 Å². The molecule has 2 aromatic rings. The van der Waals surface area contributed by atoms with E-state index in [9.17, 15) is 14.4 Å². The Morgan fingerprint density at radius 1 is 1.15 bits per heavy atom. The summed E-state index contributed by atoms with van der Waals surface area (Å²) in [5.41, 5.74) is 2.28. The van der Waals surface area contributed by atoms with Crippen molar-refractivity contribution >= 4 is 68.5 Å². The lowest BCUT2D eigenvalue weighted by molar-refractivity contribution is -0.126. The molecule has 5 rings (SSSR count). The lowest BCUT2D eigenvalue weighted by Crippen LogP contribution is -2.36. The maximum Gasteiger partial charge on any atom is 0.341 e. The van der Waals surface area contributed by atoms with Gasteiger partial charge in [0, 0.05) is 4.88 Å². The van der Waals surface area contributed by atoms with Gasteiger partial charge in [0.05, 0.1) is 23.2 Å². The summed E-state index contributed by atoms with van der Waals surface area (Å²) in [5.74, 6) is 0.220. The van der Waals surface area contributed by atoms with E-state index >= 15 is 0 Å². The van der Waals surface area contributed by atoms with Gasteiger partial charge in [-0.25, -0.2) is 4.79 Å². The van der Waals surface area contributed by atoms with Gasteiger partial charge in [-0.2, -0.15) is 0 Å². The number of thiophene rings is 1. The molecule has 10 heteroatoms. The van der Waals surface area contributed by atoms with Crippen LogP contribution in [0.3, 0.4) is 0 Å². The van der Waals surface area contributed by atoms with E-state index in [1.807, 2.05) is 24.3 Å². The van der Waals surface area contributed by atoms with Crippen LogP contribution < -0.4 is 10.1 Å². The van der Waals surface area contributed by atoms with Crippen molar-refractivity contribution in [3.8, 4) is 5.75 Å². The van der Waals surface area contributed by atoms with Crippen LogP contribution in [0.5, 0.6) is 5.75 Å². The standard InChI is InChI=1S/C30H34N2O5S3/c1-3-36-29(35)26-22-14-9-18(2)15-23(22)39-27(26)31-25(33)17-32-28(34)24(40-30(32)38)16-19-10-12-21(13-11-19)37-20-7-5-4-6-8-20/h10-13,16,18,20H,3-9,14-15,17H2,1-2H3,(H,31,33)/b24-16-. The molecular weight excluding hydrogens is 565 g/mol. The van der Waals surface area contributed by atoms with Gasteiger partial charge in [0.15, 0.2) is 0 Å². The quantitative estimate of drug-likeness (QED) is 0.208. The van der Waals surface area contributed by atoms with Gasteiger partial charge < -0.3 is 14.8 Å². The molecule has 1 N–H and O–H groups in total. The molecule has 2 aliphatic carbocycles. The van der Waals surface area contributed by atoms with Crippen molar-refractivity contribution in [3.05, 3.63) is 50.7 Å². The molecule has 3 aliphatic rings. The largest absolute Gasteiger partial charge is 0.490 e. The average Bonchev–Trinajstić information content (AvgIpc) is 3.41. The van der Waals surface area contributed by atoms with Crippen molar-refractivity contribution in [2.45, 2.75) is 71.3 Å². The SMILES string of the molecule is CCOC(=O)c1c(NC(=O)CN2C(=O)/C(=C/c3ccc(OC4CCCCC4)cc3)SC2=S)sc2c1CCC(C)C2. The fraction of sp³-hybridized carbons (Fsp3) is 0.467. The number of hydrogen-bond donors (Lipinski definition) is 1. The van der Waals surface area contributed by atoms with Gasteiger partial charge in [-0.1, -0.05) is 49.5 Å². The fourth-order valence-corrected chi connectivity index (χ4v) is 8.04. The molecule has 2 heterocycles. The molecule has 2 fully saturated rings. The monoisotopic (exact) mass is 598 g/mol. The molecule has 0 radical (unpaired) electrons. The highest BCUT2D eigenvalue weighted by molar-refractivity contribution is 8.26. The molecule has 1 unspecified atom stereocenters. The highest BCUT2D eigenvalue weighted by Crippen LogP contribution is 2.40. The van der Waals surface area contributed by atoms with E-state index < -0.39 is 11.9 Å². The van der Waals surface area contributed by atoms with Gasteiger partial charge in [-0.05, 0) is 87.1 Å². The van der Waals surface area contributed by atoms with Crippen LogP contribution in [0.4, 0.5) is 5.00 Å². The molecule has 1 aromatic carbocycles. The predicted molar refractivity (Wildman–Crippen MR) is 164 cm³/mol. The summed E-state index contributed by atoms with van der Waals surface area (Å²) in [6, 6.07) is 7.70. The van der Waals surface area contributed by atoms with Gasteiger partial charge in [0.25, 0.3) is 5.91 Å². The lowest BCUT2D eigenvalue weighted by atomic mass is 9.88. The van der Waals surface area contributed by atoms with Gasteiger partial charge in [-0.15, -0.1) is 11.3 Å². The average molecular weight is 599 g/mol. The molecule has 1 atom stereocenters. The zero-order chi connectivity index (χ0) is 28.2. The third-order valence-electron chi connectivity index (χ3n) is 7.45. The van der Waals surface area contributed by atoms with E-state index in [0.29, 0.717) is 25.7 Å². The Balaban J connectivity index is 1.24. The first-order valence-corrected chi connectivity index (χ1v) is 16.0. The molecule has 2 amide bonds. The number of fused-ring (bicyclic) bond motifs is 1. The summed E-state index contributed by atoms with van der Waals surface area (Å²) in [6.45, 7) is 3.98. The van der Waals surface area contributed by atoms with Gasteiger partial charge in [0.2, 0.25) is 5.91 Å². The summed E-state index contributed by atoms with van der Waals surface area (Å²) in [5, 5.41) is 3.36. The highest BCUT2D eigenvalue weighted by atomic mass is 32.2. The minimum Gasteiger partial charge on any atom is -0.490 e. The van der Waals surface area contributed by atoms with E-state index in [2.05, 4.69) is 12.2 Å². The maximum absolute atomic E-state index is 13.2. The second kappa shape index (κ2) is 12.9. The first-order valence-electron chi connectivity index (χ1n) is 14.0. The Morgan fingerprint density at radius 3 is 2.62 bits per heavy atom. The number of esters is 1. The molecule has 0 bridgehead atoms. The van der Waals surface area contributed by atoms with Crippen molar-refractivity contribution in [1.29, 1.82) is 0 Å². The molecule has 0 spiro atoms. The number of thioether (sulfide) groups is 1. The minimum atomic E-state index is -0.423. The summed E-state index contributed by atoms with van der Waals surface area (Å²) < 4.78 is 11.7. The molecule has 1 saturated heterocycles. The number of benzene rings is 1. The molecule has 40 heavy (non-hydrogen) atoms. The zero-order valence-electron chi connectivity index (χ0n) is 22.8. The molecular formula is C30H34N2O5S3. The van der Waals surface area contributed by atoms with Crippen molar-refractivity contribution in [2.24, 2.45) is 5.92 Å². The van der Waals surface area contributed by atoms with Gasteiger partial charge in [0.1, 0.15) is 21.6 Å². The van der Waals surface area contributed by atoms with Crippen LogP contribution in [0.1, 0.15) is 78.7 Å². The number of ether oxygens (including phenoxy) is 2. The zero-order valence-corrected chi connectivity index (χ0v) is 25.3. The van der Waals surface area contributed by atoms with Crippen LogP contribution >= 0.6 is 35.3 Å². The number of nitrogens with one attached hydrogen (secondary N) is 1. The first kappa shape index (κ1) is 28.8. The molecule has 1 aliphatic heterocycles. The number of nitrogens with zero attached hydrogens (tertiary/aromatic N) is 1. The molecule has 7 nitrogen and oxygen atoms in total. The number of carbonyl (C=O) groups is 3. The van der Waals surface area contributed by atoms with Gasteiger partial charge >= 0.3 is 5.97 Å². The number of anilines is 1. The van der Waals surface area contributed by atoms with Crippen LogP contribution in [0.25, 0.3) is 6.08 Å². The maximum atomic E-state index is 13.2. The molecule has 1 saturated carbocycles. The Labute approximate surface area is 248 Å². The molecule has 212 valence electrons. The smallest absolute Gasteiger partial charge is 0.341 e. The van der Waals surface area contributed by atoms with Crippen molar-refractivity contribution in [2.75, 3.05) is 18.5 Å². The van der Waals surface area contributed by atoms with Crippen molar-refractivity contribution in [3.63, 3.8) is 0 Å². The number of hydrogen-bond acceptors (Lipinski definition) is 8. The Morgan fingerprint density at radius 2 is 1.90 bits per heavy atom. The topological polar surface area (TPSA) is 84.9 Å². The normalized spacial score (nSPS) is 20.5. The Kier molecular flexibility index (Phi) is 9.27. The summed E-state index contributed by atoms with van der Waals surface area (Å²) >= 11 is 8.05. The van der Waals surface area contributed by atoms with Gasteiger partial charge in [-0.3, -0.25) is 14.5 Å². The van der Waals surface area contributed by atoms with E-state index in [-0.39, 0.29) is 25.2 Å². The van der Waals surface area contributed by atoms with Crippen LogP contribution in [0.15, 0.2) is 29.2 Å². The van der Waals surface area contributed by atoms with Crippen LogP contribution in [0, 0.1) is 5.92 Å². The summed E-state index contributed by atoms with van der Waals surface area (Å²) in [7, 11) is 0. The van der Waals surface area contributed by atoms with Crippen LogP contribution in [-0.4, -0.2) is 46.3 Å².